The van der Waals surface area contributed by atoms with E-state index in [1.54, 1.807) is 0 Å². The number of aliphatic hydroxyl groups excluding tert-OH is 2. The van der Waals surface area contributed by atoms with E-state index in [9.17, 15) is 10.2 Å². The van der Waals surface area contributed by atoms with E-state index in [-0.39, 0.29) is 6.04 Å². The molecule has 0 unspecified atom stereocenters. The molecule has 1 fully saturated rings. The fraction of sp³-hybridized carbons (Fsp3) is 0.500. The molecule has 0 radical (unpaired) electrons. The standard InChI is InChI=1S/C12H15NO2/c14-11-7-13-6-9-4-2-1-3-8(9)5-10(13)12(11)15/h1-4,10-12,14-15H,5-7H2/t10-,11-,12+/m0/s1. The minimum Gasteiger partial charge on any atom is -0.389 e. The van der Waals surface area contributed by atoms with E-state index in [1.165, 1.54) is 11.1 Å². The first-order valence-corrected chi connectivity index (χ1v) is 5.42. The van der Waals surface area contributed by atoms with Crippen LogP contribution in [0.1, 0.15) is 11.1 Å². The Balaban J connectivity index is 1.93. The average Bonchev–Trinajstić information content (AvgIpc) is 2.52. The van der Waals surface area contributed by atoms with Crippen LogP contribution < -0.4 is 0 Å². The van der Waals surface area contributed by atoms with Crippen molar-refractivity contribution in [2.24, 2.45) is 0 Å². The van der Waals surface area contributed by atoms with Gasteiger partial charge < -0.3 is 10.2 Å². The Kier molecular flexibility index (Phi) is 2.06. The number of nitrogens with zero attached hydrogens (tertiary/aromatic N) is 1. The molecule has 0 bridgehead atoms. The Bertz CT molecular complexity index is 380. The molecule has 2 heterocycles. The van der Waals surface area contributed by atoms with Crippen molar-refractivity contribution in [1.82, 2.24) is 4.90 Å². The molecule has 1 aromatic carbocycles. The van der Waals surface area contributed by atoms with E-state index in [2.05, 4.69) is 17.0 Å². The van der Waals surface area contributed by atoms with Crippen molar-refractivity contribution >= 4 is 0 Å². The van der Waals surface area contributed by atoms with Gasteiger partial charge in [-0.1, -0.05) is 24.3 Å². The van der Waals surface area contributed by atoms with Gasteiger partial charge in [0.1, 0.15) is 0 Å². The quantitative estimate of drug-likeness (QED) is 0.633. The highest BCUT2D eigenvalue weighted by molar-refractivity contribution is 5.31. The topological polar surface area (TPSA) is 43.7 Å². The molecule has 3 nitrogen and oxygen atoms in total. The molecular weight excluding hydrogens is 190 g/mol. The Morgan fingerprint density at radius 2 is 1.87 bits per heavy atom. The van der Waals surface area contributed by atoms with Crippen LogP contribution in [0, 0.1) is 0 Å². The predicted octanol–water partition coefficient (Wildman–Crippen LogP) is 0.149. The molecule has 3 heteroatoms. The van der Waals surface area contributed by atoms with Gasteiger partial charge in [0.2, 0.25) is 0 Å². The summed E-state index contributed by atoms with van der Waals surface area (Å²) in [5.41, 5.74) is 2.64. The van der Waals surface area contributed by atoms with Crippen molar-refractivity contribution in [3.05, 3.63) is 35.4 Å². The highest BCUT2D eigenvalue weighted by Crippen LogP contribution is 2.30. The largest absolute Gasteiger partial charge is 0.389 e. The Morgan fingerprint density at radius 3 is 2.67 bits per heavy atom. The minimum atomic E-state index is -0.585. The maximum Gasteiger partial charge on any atom is 0.0969 e. The van der Waals surface area contributed by atoms with Crippen LogP contribution in [-0.2, 0) is 13.0 Å². The van der Waals surface area contributed by atoms with Crippen molar-refractivity contribution in [1.29, 1.82) is 0 Å². The summed E-state index contributed by atoms with van der Waals surface area (Å²) in [6.45, 7) is 1.45. The van der Waals surface area contributed by atoms with Gasteiger partial charge in [0.05, 0.1) is 12.2 Å². The van der Waals surface area contributed by atoms with Crippen LogP contribution in [0.15, 0.2) is 24.3 Å². The number of rotatable bonds is 0. The summed E-state index contributed by atoms with van der Waals surface area (Å²) in [5.74, 6) is 0. The lowest BCUT2D eigenvalue weighted by Crippen LogP contribution is -2.40. The molecule has 2 aliphatic rings. The van der Waals surface area contributed by atoms with E-state index in [0.29, 0.717) is 6.54 Å². The number of hydrogen-bond acceptors (Lipinski definition) is 3. The maximum atomic E-state index is 9.83. The van der Waals surface area contributed by atoms with Crippen LogP contribution in [-0.4, -0.2) is 39.9 Å². The molecule has 0 aliphatic carbocycles. The molecule has 3 atom stereocenters. The Hall–Kier alpha value is -0.900. The normalized spacial score (nSPS) is 34.9. The molecule has 80 valence electrons. The zero-order chi connectivity index (χ0) is 10.4. The lowest BCUT2D eigenvalue weighted by molar-refractivity contribution is 0.0362. The molecule has 2 aliphatic heterocycles. The second kappa shape index (κ2) is 3.30. The summed E-state index contributed by atoms with van der Waals surface area (Å²) in [7, 11) is 0. The summed E-state index contributed by atoms with van der Waals surface area (Å²) < 4.78 is 0. The molecule has 15 heavy (non-hydrogen) atoms. The van der Waals surface area contributed by atoms with Gasteiger partial charge in [0.15, 0.2) is 0 Å². The number of benzene rings is 1. The van der Waals surface area contributed by atoms with E-state index in [0.717, 1.165) is 13.0 Å². The van der Waals surface area contributed by atoms with E-state index in [1.807, 2.05) is 12.1 Å². The molecule has 0 aromatic heterocycles. The van der Waals surface area contributed by atoms with Crippen LogP contribution in [0.3, 0.4) is 0 Å². The summed E-state index contributed by atoms with van der Waals surface area (Å²) in [5, 5.41) is 19.4. The van der Waals surface area contributed by atoms with E-state index >= 15 is 0 Å². The number of hydrogen-bond donors (Lipinski definition) is 2. The second-order valence-electron chi connectivity index (χ2n) is 4.53. The van der Waals surface area contributed by atoms with E-state index < -0.39 is 12.2 Å². The third-order valence-corrected chi connectivity index (χ3v) is 3.60. The second-order valence-corrected chi connectivity index (χ2v) is 4.53. The zero-order valence-corrected chi connectivity index (χ0v) is 8.50. The van der Waals surface area contributed by atoms with Crippen molar-refractivity contribution < 1.29 is 10.2 Å². The van der Waals surface area contributed by atoms with Gasteiger partial charge in [-0.2, -0.15) is 0 Å². The summed E-state index contributed by atoms with van der Waals surface area (Å²) in [6, 6.07) is 8.43. The van der Waals surface area contributed by atoms with Crippen LogP contribution in [0.25, 0.3) is 0 Å². The minimum absolute atomic E-state index is 0.106. The number of fused-ring (bicyclic) bond motifs is 2. The van der Waals surface area contributed by atoms with Crippen molar-refractivity contribution in [3.8, 4) is 0 Å². The molecule has 2 N–H and O–H groups in total. The molecule has 1 aromatic rings. The highest BCUT2D eigenvalue weighted by atomic mass is 16.3. The highest BCUT2D eigenvalue weighted by Gasteiger charge is 2.41. The van der Waals surface area contributed by atoms with Gasteiger partial charge in [-0.3, -0.25) is 4.90 Å². The van der Waals surface area contributed by atoms with Crippen LogP contribution in [0.5, 0.6) is 0 Å². The third-order valence-electron chi connectivity index (χ3n) is 3.60. The monoisotopic (exact) mass is 205 g/mol. The van der Waals surface area contributed by atoms with E-state index in [4.69, 9.17) is 0 Å². The van der Waals surface area contributed by atoms with Crippen LogP contribution in [0.2, 0.25) is 0 Å². The first-order valence-electron chi connectivity index (χ1n) is 5.42. The van der Waals surface area contributed by atoms with Crippen molar-refractivity contribution in [2.45, 2.75) is 31.2 Å². The van der Waals surface area contributed by atoms with Crippen LogP contribution in [0.4, 0.5) is 0 Å². The van der Waals surface area contributed by atoms with Crippen molar-refractivity contribution in [2.75, 3.05) is 6.54 Å². The molecule has 0 saturated carbocycles. The zero-order valence-electron chi connectivity index (χ0n) is 8.50. The Morgan fingerprint density at radius 1 is 1.13 bits per heavy atom. The lowest BCUT2D eigenvalue weighted by atomic mass is 9.93. The van der Waals surface area contributed by atoms with Crippen molar-refractivity contribution in [3.63, 3.8) is 0 Å². The SMILES string of the molecule is O[C@H]1[C@@H](O)CN2Cc3ccccc3C[C@@H]12. The predicted molar refractivity (Wildman–Crippen MR) is 56.4 cm³/mol. The molecule has 1 saturated heterocycles. The average molecular weight is 205 g/mol. The molecular formula is C12H15NO2. The summed E-state index contributed by atoms with van der Waals surface area (Å²) in [6.07, 6.45) is -0.309. The smallest absolute Gasteiger partial charge is 0.0969 e. The van der Waals surface area contributed by atoms with Crippen LogP contribution >= 0.6 is 0 Å². The van der Waals surface area contributed by atoms with Gasteiger partial charge in [0, 0.05) is 19.1 Å². The first kappa shape index (κ1) is 9.33. The fourth-order valence-electron chi connectivity index (χ4n) is 2.74. The summed E-state index contributed by atoms with van der Waals surface area (Å²) >= 11 is 0. The Labute approximate surface area is 89.0 Å². The van der Waals surface area contributed by atoms with Gasteiger partial charge in [-0.25, -0.2) is 0 Å². The lowest BCUT2D eigenvalue weighted by Gasteiger charge is -2.32. The number of aliphatic hydroxyl groups is 2. The molecule has 0 spiro atoms. The van der Waals surface area contributed by atoms with Gasteiger partial charge >= 0.3 is 0 Å². The summed E-state index contributed by atoms with van der Waals surface area (Å²) in [4.78, 5) is 2.18. The maximum absolute atomic E-state index is 9.83. The fourth-order valence-corrected chi connectivity index (χ4v) is 2.74. The third kappa shape index (κ3) is 1.39. The van der Waals surface area contributed by atoms with Gasteiger partial charge in [-0.05, 0) is 17.5 Å². The molecule has 0 amide bonds. The van der Waals surface area contributed by atoms with Gasteiger partial charge in [0.25, 0.3) is 0 Å². The molecule has 3 rings (SSSR count). The van der Waals surface area contributed by atoms with Gasteiger partial charge in [-0.15, -0.1) is 0 Å². The first-order chi connectivity index (χ1) is 7.25.